The van der Waals surface area contributed by atoms with Crippen molar-refractivity contribution in [3.63, 3.8) is 0 Å². The van der Waals surface area contributed by atoms with E-state index in [1.165, 1.54) is 7.11 Å². The molecule has 1 heterocycles. The third kappa shape index (κ3) is 2.90. The molecule has 1 aromatic rings. The number of esters is 1. The first-order valence-corrected chi connectivity index (χ1v) is 5.74. The Morgan fingerprint density at radius 1 is 1.53 bits per heavy atom. The van der Waals surface area contributed by atoms with Crippen molar-refractivity contribution >= 4 is 5.97 Å². The number of carbonyl (C=O) groups excluding carboxylic acids is 1. The van der Waals surface area contributed by atoms with Crippen molar-refractivity contribution in [2.45, 2.75) is 31.8 Å². The smallest absolute Gasteiger partial charge is 0.306 e. The van der Waals surface area contributed by atoms with Crippen molar-refractivity contribution in [1.82, 2.24) is 0 Å². The van der Waals surface area contributed by atoms with Gasteiger partial charge in [0, 0.05) is 6.42 Å². The molecule has 1 aliphatic rings. The molecule has 0 amide bonds. The Bertz CT molecular complexity index is 414. The number of phenols is 1. The van der Waals surface area contributed by atoms with E-state index in [-0.39, 0.29) is 17.8 Å². The molecule has 4 heteroatoms. The Hall–Kier alpha value is -1.71. The topological polar surface area (TPSA) is 55.8 Å². The van der Waals surface area contributed by atoms with Gasteiger partial charge in [-0.1, -0.05) is 6.07 Å². The molecule has 1 fully saturated rings. The minimum absolute atomic E-state index is 0.0438. The first-order chi connectivity index (χ1) is 8.19. The number of hydrogen-bond donors (Lipinski definition) is 1. The number of hydrogen-bond acceptors (Lipinski definition) is 4. The zero-order valence-corrected chi connectivity index (χ0v) is 9.81. The predicted molar refractivity (Wildman–Crippen MR) is 62.1 cm³/mol. The van der Waals surface area contributed by atoms with Gasteiger partial charge in [-0.15, -0.1) is 0 Å². The minimum Gasteiger partial charge on any atom is -0.504 e. The van der Waals surface area contributed by atoms with Crippen molar-refractivity contribution in [2.75, 3.05) is 7.11 Å². The zero-order chi connectivity index (χ0) is 12.3. The molecule has 92 valence electrons. The van der Waals surface area contributed by atoms with Gasteiger partial charge in [0.1, 0.15) is 6.10 Å². The molecule has 0 saturated carbocycles. The van der Waals surface area contributed by atoms with E-state index < -0.39 is 0 Å². The van der Waals surface area contributed by atoms with Crippen LogP contribution in [-0.2, 0) is 16.0 Å². The Kier molecular flexibility index (Phi) is 3.52. The van der Waals surface area contributed by atoms with Gasteiger partial charge in [0.05, 0.1) is 7.11 Å². The lowest BCUT2D eigenvalue weighted by molar-refractivity contribution is -0.141. The normalized spacial score (nSPS) is 19.1. The summed E-state index contributed by atoms with van der Waals surface area (Å²) in [6.45, 7) is 0. The number of carbonyl (C=O) groups is 1. The molecule has 0 aromatic heterocycles. The molecule has 1 atom stereocenters. The Morgan fingerprint density at radius 2 is 2.35 bits per heavy atom. The Labute approximate surface area is 100 Å². The van der Waals surface area contributed by atoms with E-state index in [0.717, 1.165) is 24.8 Å². The van der Waals surface area contributed by atoms with Gasteiger partial charge in [0.2, 0.25) is 0 Å². The summed E-state index contributed by atoms with van der Waals surface area (Å²) >= 11 is 0. The van der Waals surface area contributed by atoms with Gasteiger partial charge in [-0.3, -0.25) is 4.79 Å². The second-order valence-electron chi connectivity index (χ2n) is 4.20. The van der Waals surface area contributed by atoms with E-state index in [0.29, 0.717) is 12.2 Å². The van der Waals surface area contributed by atoms with Gasteiger partial charge in [-0.25, -0.2) is 0 Å². The molecule has 1 unspecified atom stereocenters. The molecule has 1 saturated heterocycles. The third-order valence-electron chi connectivity index (χ3n) is 2.97. The van der Waals surface area contributed by atoms with Crippen molar-refractivity contribution in [1.29, 1.82) is 0 Å². The highest BCUT2D eigenvalue weighted by Gasteiger charge is 2.22. The van der Waals surface area contributed by atoms with Gasteiger partial charge in [0.25, 0.3) is 0 Å². The highest BCUT2D eigenvalue weighted by atomic mass is 16.5. The molecule has 1 aliphatic heterocycles. The second kappa shape index (κ2) is 5.08. The van der Waals surface area contributed by atoms with Crippen LogP contribution in [0, 0.1) is 0 Å². The van der Waals surface area contributed by atoms with Crippen LogP contribution in [0.3, 0.4) is 0 Å². The SMILES string of the molecule is COc1cc(CCC2CCC(=O)O2)ccc1O. The second-order valence-corrected chi connectivity index (χ2v) is 4.20. The number of benzene rings is 1. The highest BCUT2D eigenvalue weighted by molar-refractivity contribution is 5.71. The standard InChI is InChI=1S/C13H16O4/c1-16-12-8-9(3-6-11(12)14)2-4-10-5-7-13(15)17-10/h3,6,8,10,14H,2,4-5,7H2,1H3. The molecule has 4 nitrogen and oxygen atoms in total. The van der Waals surface area contributed by atoms with Crippen LogP contribution in [0.4, 0.5) is 0 Å². The molecule has 1 N–H and O–H groups in total. The van der Waals surface area contributed by atoms with Crippen LogP contribution in [0.25, 0.3) is 0 Å². The fourth-order valence-corrected chi connectivity index (χ4v) is 1.99. The minimum atomic E-state index is -0.0988. The summed E-state index contributed by atoms with van der Waals surface area (Å²) in [6.07, 6.45) is 3.02. The van der Waals surface area contributed by atoms with Crippen molar-refractivity contribution < 1.29 is 19.4 Å². The average Bonchev–Trinajstić information content (AvgIpc) is 2.74. The number of aryl methyl sites for hydroxylation is 1. The van der Waals surface area contributed by atoms with Gasteiger partial charge < -0.3 is 14.6 Å². The fraction of sp³-hybridized carbons (Fsp3) is 0.462. The first-order valence-electron chi connectivity index (χ1n) is 5.74. The van der Waals surface area contributed by atoms with Crippen LogP contribution >= 0.6 is 0 Å². The molecule has 0 spiro atoms. The molecule has 17 heavy (non-hydrogen) atoms. The number of rotatable bonds is 4. The van der Waals surface area contributed by atoms with E-state index >= 15 is 0 Å². The summed E-state index contributed by atoms with van der Waals surface area (Å²) in [5.74, 6) is 0.521. The summed E-state index contributed by atoms with van der Waals surface area (Å²) in [7, 11) is 1.53. The van der Waals surface area contributed by atoms with Crippen molar-refractivity contribution in [3.8, 4) is 11.5 Å². The lowest BCUT2D eigenvalue weighted by Crippen LogP contribution is -2.07. The molecular formula is C13H16O4. The maximum Gasteiger partial charge on any atom is 0.306 e. The summed E-state index contributed by atoms with van der Waals surface area (Å²) in [5.41, 5.74) is 1.07. The van der Waals surface area contributed by atoms with Crippen LogP contribution in [0.1, 0.15) is 24.8 Å². The van der Waals surface area contributed by atoms with Gasteiger partial charge in [-0.2, -0.15) is 0 Å². The summed E-state index contributed by atoms with van der Waals surface area (Å²) in [6, 6.07) is 5.29. The fourth-order valence-electron chi connectivity index (χ4n) is 1.99. The summed E-state index contributed by atoms with van der Waals surface area (Å²) < 4.78 is 10.2. The van der Waals surface area contributed by atoms with E-state index in [9.17, 15) is 9.90 Å². The first kappa shape index (κ1) is 11.8. The quantitative estimate of drug-likeness (QED) is 0.813. The van der Waals surface area contributed by atoms with Crippen LogP contribution in [0.15, 0.2) is 18.2 Å². The number of cyclic esters (lactones) is 1. The van der Waals surface area contributed by atoms with E-state index in [1.807, 2.05) is 12.1 Å². The van der Waals surface area contributed by atoms with Gasteiger partial charge in [-0.05, 0) is 37.0 Å². The summed E-state index contributed by atoms with van der Waals surface area (Å²) in [5, 5.41) is 9.46. The monoisotopic (exact) mass is 236 g/mol. The molecule has 0 radical (unpaired) electrons. The summed E-state index contributed by atoms with van der Waals surface area (Å²) in [4.78, 5) is 10.9. The largest absolute Gasteiger partial charge is 0.504 e. The van der Waals surface area contributed by atoms with Crippen LogP contribution in [-0.4, -0.2) is 24.3 Å². The molecule has 2 rings (SSSR count). The van der Waals surface area contributed by atoms with E-state index in [2.05, 4.69) is 0 Å². The molecule has 0 bridgehead atoms. The highest BCUT2D eigenvalue weighted by Crippen LogP contribution is 2.27. The maximum absolute atomic E-state index is 10.9. The third-order valence-corrected chi connectivity index (χ3v) is 2.97. The van der Waals surface area contributed by atoms with Gasteiger partial charge in [0.15, 0.2) is 11.5 Å². The number of aromatic hydroxyl groups is 1. The zero-order valence-electron chi connectivity index (χ0n) is 9.81. The lowest BCUT2D eigenvalue weighted by Gasteiger charge is -2.10. The predicted octanol–water partition coefficient (Wildman–Crippen LogP) is 2.04. The van der Waals surface area contributed by atoms with E-state index in [4.69, 9.17) is 9.47 Å². The number of methoxy groups -OCH3 is 1. The maximum atomic E-state index is 10.9. The van der Waals surface area contributed by atoms with Crippen LogP contribution in [0.2, 0.25) is 0 Å². The number of phenolic OH excluding ortho intramolecular Hbond substituents is 1. The van der Waals surface area contributed by atoms with Crippen LogP contribution in [0.5, 0.6) is 11.5 Å². The molecular weight excluding hydrogens is 220 g/mol. The van der Waals surface area contributed by atoms with E-state index in [1.54, 1.807) is 6.07 Å². The average molecular weight is 236 g/mol. The Balaban J connectivity index is 1.92. The number of ether oxygens (including phenoxy) is 2. The van der Waals surface area contributed by atoms with Crippen molar-refractivity contribution in [2.24, 2.45) is 0 Å². The molecule has 1 aromatic carbocycles. The van der Waals surface area contributed by atoms with Crippen LogP contribution < -0.4 is 4.74 Å². The van der Waals surface area contributed by atoms with Crippen molar-refractivity contribution in [3.05, 3.63) is 23.8 Å². The Morgan fingerprint density at radius 3 is 3.00 bits per heavy atom. The molecule has 0 aliphatic carbocycles. The lowest BCUT2D eigenvalue weighted by atomic mass is 10.0. The van der Waals surface area contributed by atoms with Gasteiger partial charge >= 0.3 is 5.97 Å².